The van der Waals surface area contributed by atoms with E-state index in [1.807, 2.05) is 34.0 Å². The number of amides is 1. The van der Waals surface area contributed by atoms with E-state index < -0.39 is 0 Å². The zero-order valence-corrected chi connectivity index (χ0v) is 15.1. The summed E-state index contributed by atoms with van der Waals surface area (Å²) in [6, 6.07) is 12.3. The van der Waals surface area contributed by atoms with Gasteiger partial charge >= 0.3 is 0 Å². The molecule has 0 N–H and O–H groups in total. The van der Waals surface area contributed by atoms with Crippen molar-refractivity contribution in [3.63, 3.8) is 0 Å². The predicted octanol–water partition coefficient (Wildman–Crippen LogP) is 1.94. The highest BCUT2D eigenvalue weighted by Gasteiger charge is 2.29. The summed E-state index contributed by atoms with van der Waals surface area (Å²) in [5.41, 5.74) is 2.26. The lowest BCUT2D eigenvalue weighted by molar-refractivity contribution is -0.135. The van der Waals surface area contributed by atoms with Gasteiger partial charge in [-0.2, -0.15) is 5.10 Å². The van der Waals surface area contributed by atoms with Gasteiger partial charge in [-0.3, -0.25) is 9.69 Å². The third kappa shape index (κ3) is 3.81. The van der Waals surface area contributed by atoms with E-state index in [-0.39, 0.29) is 11.8 Å². The Morgan fingerprint density at radius 2 is 2.00 bits per heavy atom. The number of benzene rings is 1. The standard InChI is InChI=1S/C20H26N4O2/c25-20(17-8-14-26-16-17)23-11-4-10-22(12-13-23)15-19-7-9-21-24(19)18-5-2-1-3-6-18/h1-3,5-7,9,17H,4,8,10-16H2. The summed E-state index contributed by atoms with van der Waals surface area (Å²) in [5, 5.41) is 4.48. The number of aromatic nitrogens is 2. The van der Waals surface area contributed by atoms with Crippen LogP contribution in [-0.2, 0) is 16.1 Å². The molecule has 2 aliphatic rings. The Balaban J connectivity index is 1.38. The minimum absolute atomic E-state index is 0.0704. The average molecular weight is 354 g/mol. The highest BCUT2D eigenvalue weighted by atomic mass is 16.5. The van der Waals surface area contributed by atoms with Gasteiger partial charge in [0.25, 0.3) is 0 Å². The number of carbonyl (C=O) groups is 1. The van der Waals surface area contributed by atoms with Gasteiger partial charge in [-0.05, 0) is 31.0 Å². The zero-order valence-electron chi connectivity index (χ0n) is 15.1. The predicted molar refractivity (Wildman–Crippen MR) is 99.0 cm³/mol. The molecule has 1 amide bonds. The summed E-state index contributed by atoms with van der Waals surface area (Å²) in [6.07, 6.45) is 3.74. The van der Waals surface area contributed by atoms with Gasteiger partial charge < -0.3 is 9.64 Å². The van der Waals surface area contributed by atoms with Crippen LogP contribution in [0.2, 0.25) is 0 Å². The second-order valence-corrected chi connectivity index (χ2v) is 7.09. The van der Waals surface area contributed by atoms with Crippen LogP contribution in [0.25, 0.3) is 5.69 Å². The molecule has 2 aromatic rings. The highest BCUT2D eigenvalue weighted by molar-refractivity contribution is 5.79. The Bertz CT molecular complexity index is 724. The van der Waals surface area contributed by atoms with Crippen LogP contribution in [0, 0.1) is 5.92 Å². The molecule has 0 aliphatic carbocycles. The van der Waals surface area contributed by atoms with Gasteiger partial charge in [-0.1, -0.05) is 18.2 Å². The highest BCUT2D eigenvalue weighted by Crippen LogP contribution is 2.18. The zero-order chi connectivity index (χ0) is 17.8. The fraction of sp³-hybridized carbons (Fsp3) is 0.500. The quantitative estimate of drug-likeness (QED) is 0.842. The first-order valence-corrected chi connectivity index (χ1v) is 9.48. The van der Waals surface area contributed by atoms with Crippen molar-refractivity contribution in [2.45, 2.75) is 19.4 Å². The molecule has 0 spiro atoms. The number of para-hydroxylation sites is 1. The van der Waals surface area contributed by atoms with E-state index in [0.29, 0.717) is 6.61 Å². The van der Waals surface area contributed by atoms with E-state index in [9.17, 15) is 4.79 Å². The van der Waals surface area contributed by atoms with Gasteiger partial charge in [0.15, 0.2) is 0 Å². The minimum Gasteiger partial charge on any atom is -0.381 e. The van der Waals surface area contributed by atoms with Crippen molar-refractivity contribution in [2.24, 2.45) is 5.92 Å². The number of carbonyl (C=O) groups excluding carboxylic acids is 1. The molecule has 6 heteroatoms. The van der Waals surface area contributed by atoms with E-state index in [1.54, 1.807) is 0 Å². The molecule has 0 bridgehead atoms. The summed E-state index contributed by atoms with van der Waals surface area (Å²) in [5.74, 6) is 0.347. The Morgan fingerprint density at radius 1 is 1.12 bits per heavy atom. The van der Waals surface area contributed by atoms with Crippen LogP contribution in [-0.4, -0.2) is 64.9 Å². The summed E-state index contributed by atoms with van der Waals surface area (Å²) >= 11 is 0. The monoisotopic (exact) mass is 354 g/mol. The third-order valence-corrected chi connectivity index (χ3v) is 5.29. The number of rotatable bonds is 4. The Kier molecular flexibility index (Phi) is 5.32. The molecule has 6 nitrogen and oxygen atoms in total. The number of hydrogen-bond donors (Lipinski definition) is 0. The molecule has 4 rings (SSSR count). The summed E-state index contributed by atoms with van der Waals surface area (Å²) < 4.78 is 7.38. The fourth-order valence-corrected chi connectivity index (χ4v) is 3.82. The molecule has 2 saturated heterocycles. The summed E-state index contributed by atoms with van der Waals surface area (Å²) in [4.78, 5) is 17.1. The molecule has 1 unspecified atom stereocenters. The van der Waals surface area contributed by atoms with E-state index in [4.69, 9.17) is 4.74 Å². The maximum atomic E-state index is 12.6. The van der Waals surface area contributed by atoms with E-state index in [0.717, 1.165) is 57.9 Å². The number of hydrogen-bond acceptors (Lipinski definition) is 4. The van der Waals surface area contributed by atoms with Gasteiger partial charge in [-0.25, -0.2) is 4.68 Å². The van der Waals surface area contributed by atoms with Crippen LogP contribution in [0.5, 0.6) is 0 Å². The maximum Gasteiger partial charge on any atom is 0.228 e. The average Bonchev–Trinajstić information content (AvgIpc) is 3.31. The lowest BCUT2D eigenvalue weighted by Crippen LogP contribution is -2.39. The van der Waals surface area contributed by atoms with Gasteiger partial charge in [0.05, 0.1) is 23.9 Å². The maximum absolute atomic E-state index is 12.6. The molecular formula is C20H26N4O2. The first-order valence-electron chi connectivity index (χ1n) is 9.48. The van der Waals surface area contributed by atoms with Crippen LogP contribution in [0.4, 0.5) is 0 Å². The van der Waals surface area contributed by atoms with E-state index in [1.165, 1.54) is 5.69 Å². The summed E-state index contributed by atoms with van der Waals surface area (Å²) in [7, 11) is 0. The van der Waals surface area contributed by atoms with Crippen LogP contribution in [0.3, 0.4) is 0 Å². The normalized spacial score (nSPS) is 21.7. The second kappa shape index (κ2) is 8.01. The van der Waals surface area contributed by atoms with Crippen molar-refractivity contribution in [3.05, 3.63) is 48.3 Å². The molecule has 1 atom stereocenters. The van der Waals surface area contributed by atoms with Gasteiger partial charge in [0.1, 0.15) is 0 Å². The third-order valence-electron chi connectivity index (χ3n) is 5.29. The van der Waals surface area contributed by atoms with Crippen molar-refractivity contribution in [2.75, 3.05) is 39.4 Å². The molecule has 138 valence electrons. The van der Waals surface area contributed by atoms with E-state index in [2.05, 4.69) is 28.2 Å². The van der Waals surface area contributed by atoms with Crippen molar-refractivity contribution < 1.29 is 9.53 Å². The Hall–Kier alpha value is -2.18. The van der Waals surface area contributed by atoms with Crippen LogP contribution >= 0.6 is 0 Å². The number of nitrogens with zero attached hydrogens (tertiary/aromatic N) is 4. The Morgan fingerprint density at radius 3 is 2.81 bits per heavy atom. The van der Waals surface area contributed by atoms with Crippen molar-refractivity contribution in [3.8, 4) is 5.69 Å². The molecular weight excluding hydrogens is 328 g/mol. The number of ether oxygens (including phenoxy) is 1. The van der Waals surface area contributed by atoms with Gasteiger partial charge in [-0.15, -0.1) is 0 Å². The molecule has 3 heterocycles. The molecule has 26 heavy (non-hydrogen) atoms. The largest absolute Gasteiger partial charge is 0.381 e. The molecule has 0 radical (unpaired) electrons. The lowest BCUT2D eigenvalue weighted by atomic mass is 10.1. The first-order chi connectivity index (χ1) is 12.8. The van der Waals surface area contributed by atoms with Crippen molar-refractivity contribution in [1.29, 1.82) is 0 Å². The van der Waals surface area contributed by atoms with Crippen LogP contribution in [0.15, 0.2) is 42.6 Å². The topological polar surface area (TPSA) is 50.6 Å². The SMILES string of the molecule is O=C(C1CCOC1)N1CCCN(Cc2ccnn2-c2ccccc2)CC1. The Labute approximate surface area is 154 Å². The van der Waals surface area contributed by atoms with Crippen molar-refractivity contribution >= 4 is 5.91 Å². The minimum atomic E-state index is 0.0704. The molecule has 1 aromatic heterocycles. The molecule has 0 saturated carbocycles. The van der Waals surface area contributed by atoms with Crippen molar-refractivity contribution in [1.82, 2.24) is 19.6 Å². The fourth-order valence-electron chi connectivity index (χ4n) is 3.82. The molecule has 1 aromatic carbocycles. The summed E-state index contributed by atoms with van der Waals surface area (Å²) in [6.45, 7) is 5.72. The second-order valence-electron chi connectivity index (χ2n) is 7.09. The lowest BCUT2D eigenvalue weighted by Gasteiger charge is -2.24. The van der Waals surface area contributed by atoms with Crippen LogP contribution in [0.1, 0.15) is 18.5 Å². The molecule has 2 fully saturated rings. The van der Waals surface area contributed by atoms with E-state index >= 15 is 0 Å². The smallest absolute Gasteiger partial charge is 0.228 e. The van der Waals surface area contributed by atoms with Crippen LogP contribution < -0.4 is 0 Å². The molecule has 2 aliphatic heterocycles. The van der Waals surface area contributed by atoms with Gasteiger partial charge in [0, 0.05) is 45.5 Å². The van der Waals surface area contributed by atoms with Gasteiger partial charge in [0.2, 0.25) is 5.91 Å². The first kappa shape index (κ1) is 17.2.